The van der Waals surface area contributed by atoms with Crippen LogP contribution in [-0.2, 0) is 0 Å². The number of hydrogen-bond acceptors (Lipinski definition) is 2. The first-order valence-corrected chi connectivity index (χ1v) is 6.53. The van der Waals surface area contributed by atoms with Crippen molar-refractivity contribution in [1.29, 1.82) is 5.39 Å². The number of hydrogen-bond donors (Lipinski definition) is 1. The fraction of sp³-hybridized carbons (Fsp3) is 0. The summed E-state index contributed by atoms with van der Waals surface area (Å²) >= 11 is 12.7. The maximum Gasteiger partial charge on any atom is 0.415 e. The maximum atomic E-state index is 11.0. The van der Waals surface area contributed by atoms with Crippen LogP contribution in [0.2, 0.25) is 0 Å². The smallest absolute Gasteiger partial charge is 0.415 e. The van der Waals surface area contributed by atoms with E-state index in [1.165, 1.54) is 0 Å². The molecule has 0 aliphatic carbocycles. The molecule has 1 N–H and O–H groups in total. The van der Waals surface area contributed by atoms with Crippen molar-refractivity contribution in [2.45, 2.75) is 0 Å². The zero-order valence-electron chi connectivity index (χ0n) is 6.76. The van der Waals surface area contributed by atoms with Crippen LogP contribution in [0.1, 0.15) is 10.4 Å². The Morgan fingerprint density at radius 1 is 1.07 bits per heavy atom. The van der Waals surface area contributed by atoms with E-state index in [0.29, 0.717) is 17.9 Å². The van der Waals surface area contributed by atoms with E-state index in [2.05, 4.69) is 68.7 Å². The molecule has 0 amide bonds. The molecule has 0 heterocycles. The predicted octanol–water partition coefficient (Wildman–Crippen LogP) is 4.92. The largest absolute Gasteiger partial charge is 0.477 e. The minimum Gasteiger partial charge on any atom is -0.477 e. The fourth-order valence-electron chi connectivity index (χ4n) is 0.909. The zero-order chi connectivity index (χ0) is 11.7. The fourth-order valence-corrected chi connectivity index (χ4v) is 3.26. The Hall–Kier alpha value is 0.0300. The van der Waals surface area contributed by atoms with E-state index in [1.807, 2.05) is 0 Å². The molecule has 1 aromatic rings. The number of rotatable bonds is 1. The van der Waals surface area contributed by atoms with E-state index in [1.54, 1.807) is 0 Å². The van der Waals surface area contributed by atoms with Gasteiger partial charge in [0, 0.05) is 4.47 Å². The van der Waals surface area contributed by atoms with Gasteiger partial charge in [0.1, 0.15) is 4.47 Å². The van der Waals surface area contributed by atoms with Gasteiger partial charge in [-0.3, -0.25) is 0 Å². The van der Waals surface area contributed by atoms with Gasteiger partial charge in [0.25, 0.3) is 0 Å². The Balaban J connectivity index is 3.80. The van der Waals surface area contributed by atoms with Crippen molar-refractivity contribution < 1.29 is 9.90 Å². The minimum atomic E-state index is -1.19. The molecule has 8 heteroatoms. The van der Waals surface area contributed by atoms with Crippen molar-refractivity contribution in [1.82, 2.24) is 0 Å². The average Bonchev–Trinajstić information content (AvgIpc) is 2.19. The molecule has 4 nitrogen and oxygen atoms in total. The van der Waals surface area contributed by atoms with Crippen LogP contribution in [0.3, 0.4) is 0 Å². The van der Waals surface area contributed by atoms with Crippen LogP contribution in [0.25, 0.3) is 4.98 Å². The van der Waals surface area contributed by atoms with Gasteiger partial charge >= 0.3 is 11.7 Å². The highest BCUT2D eigenvalue weighted by Gasteiger charge is 2.32. The van der Waals surface area contributed by atoms with Crippen LogP contribution in [0.4, 0.5) is 5.69 Å². The first-order valence-electron chi connectivity index (χ1n) is 3.36. The number of aromatic carboxylic acids is 1. The van der Waals surface area contributed by atoms with Gasteiger partial charge in [0.05, 0.1) is 8.95 Å². The minimum absolute atomic E-state index is 0.0514. The molecule has 1 rings (SSSR count). The van der Waals surface area contributed by atoms with Gasteiger partial charge in [0.15, 0.2) is 10.5 Å². The topological polar surface area (TPSA) is 65.5 Å². The van der Waals surface area contributed by atoms with E-state index < -0.39 is 5.97 Å². The van der Waals surface area contributed by atoms with E-state index >= 15 is 0 Å². The third kappa shape index (κ3) is 2.25. The number of nitrogens with zero attached hydrogens (tertiary/aromatic N) is 2. The average molecular weight is 465 g/mol. The van der Waals surface area contributed by atoms with Gasteiger partial charge in [-0.15, -0.1) is 0 Å². The molecule has 0 fully saturated rings. The number of diazo groups is 1. The molecule has 0 atom stereocenters. The van der Waals surface area contributed by atoms with Gasteiger partial charge < -0.3 is 5.11 Å². The van der Waals surface area contributed by atoms with Gasteiger partial charge in [-0.05, 0) is 63.7 Å². The summed E-state index contributed by atoms with van der Waals surface area (Å²) in [7, 11) is 0. The van der Waals surface area contributed by atoms with Crippen molar-refractivity contribution in [3.05, 3.63) is 28.4 Å². The molecule has 78 valence electrons. The molecular weight excluding hydrogens is 464 g/mol. The molecule has 0 saturated heterocycles. The number of carboxylic acid groups (broad SMARTS) is 1. The predicted molar refractivity (Wildman–Crippen MR) is 68.9 cm³/mol. The van der Waals surface area contributed by atoms with Crippen molar-refractivity contribution in [2.75, 3.05) is 0 Å². The van der Waals surface area contributed by atoms with E-state index in [-0.39, 0.29) is 11.3 Å². The normalized spacial score (nSPS) is 9.80. The van der Waals surface area contributed by atoms with Crippen LogP contribution in [-0.4, -0.2) is 11.1 Å². The van der Waals surface area contributed by atoms with Crippen LogP contribution >= 0.6 is 63.7 Å². The first kappa shape index (κ1) is 13.1. The lowest BCUT2D eigenvalue weighted by Gasteiger charge is -2.03. The molecule has 0 unspecified atom stereocenters. The number of carbonyl (C=O) groups is 1. The second kappa shape index (κ2) is 4.91. The lowest BCUT2D eigenvalue weighted by Crippen LogP contribution is -1.99. The molecule has 0 bridgehead atoms. The highest BCUT2D eigenvalue weighted by Crippen LogP contribution is 2.46. The van der Waals surface area contributed by atoms with Crippen molar-refractivity contribution in [2.24, 2.45) is 0 Å². The quantitative estimate of drug-likeness (QED) is 0.364. The monoisotopic (exact) mass is 461 g/mol. The third-order valence-electron chi connectivity index (χ3n) is 1.56. The summed E-state index contributed by atoms with van der Waals surface area (Å²) in [5, 5.41) is 17.7. The van der Waals surface area contributed by atoms with E-state index in [9.17, 15) is 4.79 Å². The summed E-state index contributed by atoms with van der Waals surface area (Å²) in [6.07, 6.45) is 0. The molecule has 0 aliphatic heterocycles. The van der Waals surface area contributed by atoms with Crippen LogP contribution in [0, 0.1) is 5.39 Å². The summed E-state index contributed by atoms with van der Waals surface area (Å²) in [6.45, 7) is 0. The Morgan fingerprint density at radius 3 is 1.93 bits per heavy atom. The molecule has 15 heavy (non-hydrogen) atoms. The van der Waals surface area contributed by atoms with Gasteiger partial charge in [0.2, 0.25) is 5.39 Å². The first-order chi connectivity index (χ1) is 6.91. The molecule has 1 aromatic carbocycles. The van der Waals surface area contributed by atoms with E-state index in [4.69, 9.17) is 10.5 Å². The zero-order valence-corrected chi connectivity index (χ0v) is 13.1. The van der Waals surface area contributed by atoms with Crippen molar-refractivity contribution in [3.8, 4) is 0 Å². The Kier molecular flexibility index (Phi) is 4.29. The number of carboxylic acids is 1. The second-order valence-electron chi connectivity index (χ2n) is 2.38. The van der Waals surface area contributed by atoms with Gasteiger partial charge in [-0.1, -0.05) is 0 Å². The molecule has 0 spiro atoms. The van der Waals surface area contributed by atoms with Gasteiger partial charge in [-0.25, -0.2) is 4.79 Å². The highest BCUT2D eigenvalue weighted by atomic mass is 79.9. The summed E-state index contributed by atoms with van der Waals surface area (Å²) in [5.74, 6) is -1.19. The SMILES string of the molecule is N#[N+]c1c(Br)c(Br)c(Br)c(Br)c1C(=O)O. The summed E-state index contributed by atoms with van der Waals surface area (Å²) < 4.78 is 1.75. The van der Waals surface area contributed by atoms with Crippen LogP contribution < -0.4 is 0 Å². The second-order valence-corrected chi connectivity index (χ2v) is 5.56. The van der Waals surface area contributed by atoms with Crippen molar-refractivity contribution in [3.63, 3.8) is 0 Å². The Morgan fingerprint density at radius 2 is 1.53 bits per heavy atom. The lowest BCUT2D eigenvalue weighted by atomic mass is 10.2. The highest BCUT2D eigenvalue weighted by molar-refractivity contribution is 9.15. The molecule has 0 aliphatic rings. The van der Waals surface area contributed by atoms with Crippen molar-refractivity contribution >= 4 is 75.4 Å². The van der Waals surface area contributed by atoms with E-state index in [0.717, 1.165) is 0 Å². The van der Waals surface area contributed by atoms with Crippen LogP contribution in [0.5, 0.6) is 0 Å². The number of halogens is 4. The molecule has 0 saturated carbocycles. The summed E-state index contributed by atoms with van der Waals surface area (Å²) in [5.41, 5.74) is -0.177. The Labute approximate surface area is 118 Å². The third-order valence-corrected chi connectivity index (χ3v) is 6.30. The lowest BCUT2D eigenvalue weighted by molar-refractivity contribution is 0.0697. The summed E-state index contributed by atoms with van der Waals surface area (Å²) in [4.78, 5) is 13.9. The molecule has 0 aromatic heterocycles. The van der Waals surface area contributed by atoms with Crippen LogP contribution in [0.15, 0.2) is 17.9 Å². The van der Waals surface area contributed by atoms with Gasteiger partial charge in [-0.2, -0.15) is 0 Å². The summed E-state index contributed by atoms with van der Waals surface area (Å²) in [6, 6.07) is 0. The standard InChI is InChI=1S/C7Br4N2O2/c8-2-1(7(14)15)6(13-12)5(11)4(10)3(2)9/p+1. The maximum absolute atomic E-state index is 11.0. The molecule has 0 radical (unpaired) electrons. The number of benzene rings is 1. The molecular formula is C7HBr4N2O2+. The Bertz CT molecular complexity index is 495.